The number of likely N-dealkylation sites (N-methyl/N-ethyl adjacent to an activating group) is 1. The Morgan fingerprint density at radius 2 is 1.52 bits per heavy atom. The molecule has 0 radical (unpaired) electrons. The number of nitrogens with one attached hydrogen (secondary N) is 3. The van der Waals surface area contributed by atoms with Gasteiger partial charge in [-0.15, -0.1) is 0 Å². The Hall–Kier alpha value is -7.22. The van der Waals surface area contributed by atoms with Crippen LogP contribution < -0.4 is 30.5 Å². The van der Waals surface area contributed by atoms with Crippen molar-refractivity contribution >= 4 is 29.1 Å². The van der Waals surface area contributed by atoms with Crippen LogP contribution in [0, 0.1) is 0 Å². The van der Waals surface area contributed by atoms with Crippen LogP contribution >= 0.6 is 0 Å². The maximum atomic E-state index is 13.8. The summed E-state index contributed by atoms with van der Waals surface area (Å²) in [7, 11) is 3.45. The molecule has 0 saturated heterocycles. The molecule has 0 aliphatic carbocycles. The number of aromatic nitrogens is 1. The zero-order chi connectivity index (χ0) is 38.4. The van der Waals surface area contributed by atoms with Crippen molar-refractivity contribution in [1.82, 2.24) is 21.3 Å². The number of nitrogens with zero attached hydrogens (tertiary/aromatic N) is 3. The van der Waals surface area contributed by atoms with Gasteiger partial charge >= 0.3 is 5.90 Å². The van der Waals surface area contributed by atoms with Gasteiger partial charge in [-0.2, -0.15) is 4.58 Å². The topological polar surface area (TPSA) is 149 Å². The molecule has 3 aliphatic heterocycles. The second-order valence-corrected chi connectivity index (χ2v) is 13.3. The number of allylic oxidation sites excluding steroid dienone is 2. The Balaban J connectivity index is 1.08. The van der Waals surface area contributed by atoms with Gasteiger partial charge in [0, 0.05) is 38.1 Å². The highest BCUT2D eigenvalue weighted by Gasteiger charge is 2.38. The maximum Gasteiger partial charge on any atom is 0.413 e. The van der Waals surface area contributed by atoms with Crippen LogP contribution in [0.3, 0.4) is 0 Å². The first kappa shape index (κ1) is 35.8. The van der Waals surface area contributed by atoms with Gasteiger partial charge in [-0.1, -0.05) is 90.1 Å². The summed E-state index contributed by atoms with van der Waals surface area (Å²) < 4.78 is 19.5. The SMILES string of the molecule is CN1C(=O)[C@@H](NC(OOC2=[N+](C)c3ccccc3OC[C@@H]2NC(=O)c2cc(Cc3ccccc3)on2)=C2C=C(Cc3ccccc3)ON2)COc2ccccc21. The summed E-state index contributed by atoms with van der Waals surface area (Å²) in [6, 6.07) is 34.1. The molecular formula is C42H39N6O8+. The molecule has 56 heavy (non-hydrogen) atoms. The fraction of sp³-hybridized carbons (Fsp3) is 0.190. The highest BCUT2D eigenvalue weighted by Crippen LogP contribution is 2.31. The number of carbonyl (C=O) groups excluding carboxylic acids is 2. The molecule has 0 bridgehead atoms. The molecule has 2 atom stereocenters. The molecular weight excluding hydrogens is 716 g/mol. The van der Waals surface area contributed by atoms with E-state index in [4.69, 9.17) is 28.6 Å². The third-order valence-electron chi connectivity index (χ3n) is 9.42. The number of fused-ring (bicyclic) bond motifs is 2. The number of hydrogen-bond donors (Lipinski definition) is 3. The first-order valence-corrected chi connectivity index (χ1v) is 18.0. The van der Waals surface area contributed by atoms with E-state index in [-0.39, 0.29) is 36.6 Å². The predicted octanol–water partition coefficient (Wildman–Crippen LogP) is 4.92. The van der Waals surface area contributed by atoms with Gasteiger partial charge in [0.25, 0.3) is 17.7 Å². The molecule has 8 rings (SSSR count). The minimum absolute atomic E-state index is 0.0118. The lowest BCUT2D eigenvalue weighted by Gasteiger charge is -2.22. The van der Waals surface area contributed by atoms with Gasteiger partial charge in [0.2, 0.25) is 5.69 Å². The van der Waals surface area contributed by atoms with E-state index in [1.807, 2.05) is 109 Å². The summed E-state index contributed by atoms with van der Waals surface area (Å²) in [5.41, 5.74) is 6.70. The Morgan fingerprint density at radius 3 is 2.30 bits per heavy atom. The first-order valence-electron chi connectivity index (χ1n) is 18.0. The van der Waals surface area contributed by atoms with E-state index in [0.717, 1.165) is 11.1 Å². The Kier molecular flexibility index (Phi) is 10.2. The van der Waals surface area contributed by atoms with Crippen molar-refractivity contribution in [3.8, 4) is 11.5 Å². The van der Waals surface area contributed by atoms with E-state index in [0.29, 0.717) is 52.9 Å². The van der Waals surface area contributed by atoms with Crippen LogP contribution in [0.2, 0.25) is 0 Å². The smallest absolute Gasteiger partial charge is 0.413 e. The number of anilines is 1. The number of ether oxygens (including phenoxy) is 2. The van der Waals surface area contributed by atoms with Crippen molar-refractivity contribution in [3.63, 3.8) is 0 Å². The number of rotatable bonds is 10. The van der Waals surface area contributed by atoms with Gasteiger partial charge in [-0.05, 0) is 29.3 Å². The number of carbonyl (C=O) groups is 2. The molecule has 0 saturated carbocycles. The van der Waals surface area contributed by atoms with E-state index >= 15 is 0 Å². The monoisotopic (exact) mass is 755 g/mol. The van der Waals surface area contributed by atoms with Gasteiger partial charge in [0.1, 0.15) is 49.3 Å². The molecule has 14 heteroatoms. The molecule has 0 spiro atoms. The highest BCUT2D eigenvalue weighted by atomic mass is 17.2. The van der Waals surface area contributed by atoms with Crippen LogP contribution in [0.25, 0.3) is 0 Å². The fourth-order valence-electron chi connectivity index (χ4n) is 6.49. The van der Waals surface area contributed by atoms with E-state index in [1.165, 1.54) is 4.90 Å². The summed E-state index contributed by atoms with van der Waals surface area (Å²) in [5.74, 6) is 1.70. The van der Waals surface area contributed by atoms with Crippen LogP contribution in [-0.2, 0) is 32.2 Å². The second-order valence-electron chi connectivity index (χ2n) is 13.3. The molecule has 2 amide bonds. The molecule has 5 aromatic rings. The number of amides is 2. The third-order valence-corrected chi connectivity index (χ3v) is 9.42. The van der Waals surface area contributed by atoms with Crippen LogP contribution in [0.5, 0.6) is 11.5 Å². The van der Waals surface area contributed by atoms with E-state index in [1.54, 1.807) is 30.8 Å². The van der Waals surface area contributed by atoms with Crippen LogP contribution in [-0.4, -0.2) is 66.8 Å². The molecule has 4 aromatic carbocycles. The van der Waals surface area contributed by atoms with Crippen molar-refractivity contribution in [2.45, 2.75) is 24.9 Å². The van der Waals surface area contributed by atoms with Crippen molar-refractivity contribution in [2.75, 3.05) is 32.2 Å². The van der Waals surface area contributed by atoms with Crippen LogP contribution in [0.15, 0.2) is 143 Å². The molecule has 284 valence electrons. The summed E-state index contributed by atoms with van der Waals surface area (Å²) in [4.78, 5) is 47.2. The molecule has 3 aliphatic rings. The number of para-hydroxylation sites is 4. The molecule has 0 fully saturated rings. The Morgan fingerprint density at radius 1 is 0.857 bits per heavy atom. The average molecular weight is 756 g/mol. The van der Waals surface area contributed by atoms with E-state index in [2.05, 4.69) is 21.3 Å². The minimum atomic E-state index is -0.902. The molecule has 14 nitrogen and oxygen atoms in total. The van der Waals surface area contributed by atoms with Gasteiger partial charge in [-0.3, -0.25) is 14.5 Å². The lowest BCUT2D eigenvalue weighted by Crippen LogP contribution is -2.49. The van der Waals surface area contributed by atoms with E-state index < -0.39 is 18.0 Å². The zero-order valence-corrected chi connectivity index (χ0v) is 30.6. The highest BCUT2D eigenvalue weighted by molar-refractivity contribution is 5.99. The number of hydroxylamine groups is 1. The lowest BCUT2D eigenvalue weighted by atomic mass is 10.1. The molecule has 4 heterocycles. The van der Waals surface area contributed by atoms with Crippen molar-refractivity contribution < 1.29 is 42.8 Å². The largest absolute Gasteiger partial charge is 0.489 e. The van der Waals surface area contributed by atoms with Gasteiger partial charge in [-0.25, -0.2) is 10.4 Å². The van der Waals surface area contributed by atoms with Crippen LogP contribution in [0.4, 0.5) is 11.4 Å². The quantitative estimate of drug-likeness (QED) is 0.0772. The van der Waals surface area contributed by atoms with Crippen molar-refractivity contribution in [1.29, 1.82) is 0 Å². The van der Waals surface area contributed by atoms with Crippen molar-refractivity contribution in [2.24, 2.45) is 0 Å². The molecule has 0 unspecified atom stereocenters. The predicted molar refractivity (Wildman–Crippen MR) is 204 cm³/mol. The molecule has 1 aromatic heterocycles. The fourth-order valence-corrected chi connectivity index (χ4v) is 6.49. The average Bonchev–Trinajstić information content (AvgIpc) is 3.85. The van der Waals surface area contributed by atoms with Gasteiger partial charge < -0.3 is 34.4 Å². The standard InChI is InChI=1S/C42H38N6O8/c1-47-35-17-9-11-19-37(35)51-25-33(41(47)50)44-40(32-24-30(54-46-32)22-28-15-7-4-8-16-28)55-56-42-34(26-52-38-20-12-10-18-36(38)48(42)2)43-39(49)31-23-29(53-45-31)21-27-13-5-3-6-14-27/h3-20,23-24,33-34H,21-22,25-26H2,1-2H3,(H2-,43,44,45,46,49)/p+1/t33-,34-/m0/s1. The zero-order valence-electron chi connectivity index (χ0n) is 30.6. The summed E-state index contributed by atoms with van der Waals surface area (Å²) in [6.45, 7) is -0.0254. The molecule has 3 N–H and O–H groups in total. The summed E-state index contributed by atoms with van der Waals surface area (Å²) >= 11 is 0. The van der Waals surface area contributed by atoms with Crippen LogP contribution in [0.1, 0.15) is 27.4 Å². The normalized spacial score (nSPS) is 18.4. The summed E-state index contributed by atoms with van der Waals surface area (Å²) in [6.07, 6.45) is 2.72. The second kappa shape index (κ2) is 16.0. The maximum absolute atomic E-state index is 13.8. The Bertz CT molecular complexity index is 2320. The lowest BCUT2D eigenvalue weighted by molar-refractivity contribution is -0.433. The minimum Gasteiger partial charge on any atom is -0.489 e. The first-order chi connectivity index (χ1) is 27.4. The third kappa shape index (κ3) is 7.85. The summed E-state index contributed by atoms with van der Waals surface area (Å²) in [5, 5.41) is 10.2. The van der Waals surface area contributed by atoms with Crippen molar-refractivity contribution in [3.05, 3.63) is 161 Å². The van der Waals surface area contributed by atoms with Gasteiger partial charge in [0.05, 0.1) is 5.69 Å². The number of hydrogen-bond acceptors (Lipinski definition) is 11. The number of benzene rings is 4. The van der Waals surface area contributed by atoms with Gasteiger partial charge in [0.15, 0.2) is 17.5 Å². The van der Waals surface area contributed by atoms with E-state index in [9.17, 15) is 9.59 Å². The Labute approximate surface area is 322 Å².